The van der Waals surface area contributed by atoms with E-state index in [4.69, 9.17) is 25.8 Å². The summed E-state index contributed by atoms with van der Waals surface area (Å²) < 4.78 is 16.5. The SMILES string of the molecule is COc1ccc(CC(=O)NC[C@@H]2Cc3cc(-c4ccsc4)cc(Cl)c3O2)cc1OC. The number of benzene rings is 2. The molecule has 0 aliphatic carbocycles. The summed E-state index contributed by atoms with van der Waals surface area (Å²) in [4.78, 5) is 12.4. The van der Waals surface area contributed by atoms with Gasteiger partial charge in [-0.3, -0.25) is 4.79 Å². The Morgan fingerprint density at radius 3 is 2.73 bits per heavy atom. The van der Waals surface area contributed by atoms with Gasteiger partial charge in [0, 0.05) is 12.0 Å². The standard InChI is InChI=1S/C23H22ClNO4S/c1-27-20-4-3-14(7-21(20)28-2)8-22(26)25-12-18-10-17-9-16(15-5-6-30-13-15)11-19(24)23(17)29-18/h3-7,9,11,13,18H,8,10,12H2,1-2H3,(H,25,26)/t18-/m0/s1. The molecule has 156 valence electrons. The van der Waals surface area contributed by atoms with Crippen LogP contribution in [0.2, 0.25) is 5.02 Å². The average Bonchev–Trinajstić information content (AvgIpc) is 3.42. The van der Waals surface area contributed by atoms with Crippen LogP contribution in [0, 0.1) is 0 Å². The van der Waals surface area contributed by atoms with Crippen molar-refractivity contribution in [1.29, 1.82) is 0 Å². The molecule has 0 bridgehead atoms. The number of hydrogen-bond donors (Lipinski definition) is 1. The zero-order valence-electron chi connectivity index (χ0n) is 16.7. The van der Waals surface area contributed by atoms with E-state index in [0.717, 1.165) is 28.0 Å². The Hall–Kier alpha value is -2.70. The van der Waals surface area contributed by atoms with Gasteiger partial charge in [0.05, 0.1) is 32.2 Å². The Morgan fingerprint density at radius 1 is 1.17 bits per heavy atom. The second kappa shape index (κ2) is 8.98. The summed E-state index contributed by atoms with van der Waals surface area (Å²) in [6.45, 7) is 0.422. The summed E-state index contributed by atoms with van der Waals surface area (Å²) in [7, 11) is 3.16. The molecule has 2 heterocycles. The number of carbonyl (C=O) groups is 1. The largest absolute Gasteiger partial charge is 0.493 e. The average molecular weight is 444 g/mol. The first-order valence-corrected chi connectivity index (χ1v) is 10.9. The highest BCUT2D eigenvalue weighted by Crippen LogP contribution is 2.40. The minimum absolute atomic E-state index is 0.0770. The number of carbonyl (C=O) groups excluding carboxylic acids is 1. The van der Waals surface area contributed by atoms with Gasteiger partial charge < -0.3 is 19.5 Å². The molecule has 30 heavy (non-hydrogen) atoms. The molecule has 1 amide bonds. The highest BCUT2D eigenvalue weighted by atomic mass is 35.5. The van der Waals surface area contributed by atoms with E-state index in [-0.39, 0.29) is 18.4 Å². The second-order valence-electron chi connectivity index (χ2n) is 7.07. The molecule has 0 spiro atoms. The predicted octanol–water partition coefficient (Wildman–Crippen LogP) is 4.75. The summed E-state index contributed by atoms with van der Waals surface area (Å²) in [6, 6.07) is 11.6. The molecule has 1 aromatic heterocycles. The number of hydrogen-bond acceptors (Lipinski definition) is 5. The molecule has 1 N–H and O–H groups in total. The highest BCUT2D eigenvalue weighted by Gasteiger charge is 2.26. The summed E-state index contributed by atoms with van der Waals surface area (Å²) >= 11 is 8.10. The number of ether oxygens (including phenoxy) is 3. The Bertz CT molecular complexity index is 1050. The van der Waals surface area contributed by atoms with E-state index in [1.54, 1.807) is 31.6 Å². The van der Waals surface area contributed by atoms with Crippen molar-refractivity contribution in [1.82, 2.24) is 5.32 Å². The summed E-state index contributed by atoms with van der Waals surface area (Å²) in [5.41, 5.74) is 4.16. The fourth-order valence-electron chi connectivity index (χ4n) is 3.56. The third-order valence-electron chi connectivity index (χ3n) is 5.05. The van der Waals surface area contributed by atoms with E-state index in [1.807, 2.05) is 23.6 Å². The lowest BCUT2D eigenvalue weighted by Gasteiger charge is -2.13. The third kappa shape index (κ3) is 4.40. The minimum Gasteiger partial charge on any atom is -0.493 e. The maximum Gasteiger partial charge on any atom is 0.224 e. The maximum absolute atomic E-state index is 12.4. The van der Waals surface area contributed by atoms with Gasteiger partial charge in [-0.2, -0.15) is 11.3 Å². The van der Waals surface area contributed by atoms with E-state index < -0.39 is 0 Å². The molecular formula is C23H22ClNO4S. The first-order valence-electron chi connectivity index (χ1n) is 9.56. The van der Waals surface area contributed by atoms with Gasteiger partial charge in [-0.05, 0) is 57.8 Å². The predicted molar refractivity (Wildman–Crippen MR) is 119 cm³/mol. The zero-order chi connectivity index (χ0) is 21.1. The molecule has 0 unspecified atom stereocenters. The first kappa shape index (κ1) is 20.6. The molecule has 0 saturated heterocycles. The lowest BCUT2D eigenvalue weighted by atomic mass is 10.0. The van der Waals surface area contributed by atoms with Gasteiger partial charge in [-0.25, -0.2) is 0 Å². The fraction of sp³-hybridized carbons (Fsp3) is 0.261. The topological polar surface area (TPSA) is 56.8 Å². The number of amides is 1. The Balaban J connectivity index is 1.35. The zero-order valence-corrected chi connectivity index (χ0v) is 18.3. The van der Waals surface area contributed by atoms with E-state index in [2.05, 4.69) is 22.8 Å². The van der Waals surface area contributed by atoms with Crippen molar-refractivity contribution < 1.29 is 19.0 Å². The normalized spacial score (nSPS) is 14.7. The molecule has 1 aliphatic rings. The van der Waals surface area contributed by atoms with Crippen LogP contribution in [0.4, 0.5) is 0 Å². The van der Waals surface area contributed by atoms with Crippen molar-refractivity contribution in [3.05, 3.63) is 63.3 Å². The maximum atomic E-state index is 12.4. The fourth-order valence-corrected chi connectivity index (χ4v) is 4.51. The van der Waals surface area contributed by atoms with Crippen LogP contribution < -0.4 is 19.5 Å². The van der Waals surface area contributed by atoms with Gasteiger partial charge in [-0.1, -0.05) is 17.7 Å². The van der Waals surface area contributed by atoms with E-state index in [9.17, 15) is 4.79 Å². The van der Waals surface area contributed by atoms with Gasteiger partial charge in [0.1, 0.15) is 11.9 Å². The van der Waals surface area contributed by atoms with Crippen molar-refractivity contribution >= 4 is 28.8 Å². The number of rotatable bonds is 7. The summed E-state index contributed by atoms with van der Waals surface area (Å²) in [5, 5.41) is 7.71. The van der Waals surface area contributed by atoms with Gasteiger partial charge in [0.15, 0.2) is 11.5 Å². The van der Waals surface area contributed by atoms with Gasteiger partial charge >= 0.3 is 0 Å². The van der Waals surface area contributed by atoms with Gasteiger partial charge in [0.25, 0.3) is 0 Å². The summed E-state index contributed by atoms with van der Waals surface area (Å²) in [6.07, 6.45) is 0.830. The van der Waals surface area contributed by atoms with Crippen molar-refractivity contribution in [3.63, 3.8) is 0 Å². The molecule has 0 fully saturated rings. The van der Waals surface area contributed by atoms with Crippen LogP contribution in [0.3, 0.4) is 0 Å². The van der Waals surface area contributed by atoms with Gasteiger partial charge in [0.2, 0.25) is 5.91 Å². The monoisotopic (exact) mass is 443 g/mol. The number of fused-ring (bicyclic) bond motifs is 1. The molecule has 1 aliphatic heterocycles. The lowest BCUT2D eigenvalue weighted by molar-refractivity contribution is -0.120. The van der Waals surface area contributed by atoms with Gasteiger partial charge in [-0.15, -0.1) is 0 Å². The second-order valence-corrected chi connectivity index (χ2v) is 8.26. The van der Waals surface area contributed by atoms with Crippen LogP contribution in [0.5, 0.6) is 17.2 Å². The van der Waals surface area contributed by atoms with Crippen LogP contribution in [0.1, 0.15) is 11.1 Å². The smallest absolute Gasteiger partial charge is 0.224 e. The third-order valence-corrected chi connectivity index (χ3v) is 6.01. The first-order chi connectivity index (χ1) is 14.6. The molecule has 5 nitrogen and oxygen atoms in total. The highest BCUT2D eigenvalue weighted by molar-refractivity contribution is 7.08. The van der Waals surface area contributed by atoms with Crippen molar-refractivity contribution in [2.75, 3.05) is 20.8 Å². The number of thiophene rings is 1. The minimum atomic E-state index is -0.135. The molecule has 1 atom stereocenters. The van der Waals surface area contributed by atoms with Crippen LogP contribution in [0.15, 0.2) is 47.2 Å². The molecule has 2 aromatic carbocycles. The molecule has 0 saturated carbocycles. The quantitative estimate of drug-likeness (QED) is 0.572. The lowest BCUT2D eigenvalue weighted by Crippen LogP contribution is -2.35. The van der Waals surface area contributed by atoms with Crippen molar-refractivity contribution in [2.24, 2.45) is 0 Å². The van der Waals surface area contributed by atoms with E-state index >= 15 is 0 Å². The molecule has 0 radical (unpaired) electrons. The molecular weight excluding hydrogens is 422 g/mol. The Morgan fingerprint density at radius 2 is 2.00 bits per heavy atom. The van der Waals surface area contributed by atoms with Crippen LogP contribution >= 0.6 is 22.9 Å². The Labute approximate surface area is 184 Å². The van der Waals surface area contributed by atoms with E-state index in [0.29, 0.717) is 29.5 Å². The van der Waals surface area contributed by atoms with Crippen molar-refractivity contribution in [3.8, 4) is 28.4 Å². The van der Waals surface area contributed by atoms with Crippen LogP contribution in [-0.4, -0.2) is 32.8 Å². The molecule has 7 heteroatoms. The molecule has 4 rings (SSSR count). The number of halogens is 1. The van der Waals surface area contributed by atoms with Crippen LogP contribution in [-0.2, 0) is 17.6 Å². The molecule has 3 aromatic rings. The van der Waals surface area contributed by atoms with Crippen LogP contribution in [0.25, 0.3) is 11.1 Å². The van der Waals surface area contributed by atoms with E-state index in [1.165, 1.54) is 0 Å². The van der Waals surface area contributed by atoms with Crippen molar-refractivity contribution in [2.45, 2.75) is 18.9 Å². The summed E-state index contributed by atoms with van der Waals surface area (Å²) in [5.74, 6) is 1.88. The number of methoxy groups -OCH3 is 2. The number of nitrogens with one attached hydrogen (secondary N) is 1. The Kier molecular flexibility index (Phi) is 6.16.